The molecule has 0 bridgehead atoms. The molecule has 3 rings (SSSR count). The highest BCUT2D eigenvalue weighted by Gasteiger charge is 2.19. The van der Waals surface area contributed by atoms with Gasteiger partial charge in [-0.05, 0) is 18.6 Å². The number of carbonyl (C=O) groups excluding carboxylic acids is 1. The maximum atomic E-state index is 12.5. The molecular weight excluding hydrogens is 276 g/mol. The number of rotatable bonds is 1. The maximum absolute atomic E-state index is 12.5. The normalized spacial score (nSPS) is 16.1. The van der Waals surface area contributed by atoms with E-state index in [1.165, 1.54) is 0 Å². The van der Waals surface area contributed by atoms with Crippen molar-refractivity contribution in [2.24, 2.45) is 0 Å². The first-order chi connectivity index (χ1) is 9.75. The van der Waals surface area contributed by atoms with Crippen LogP contribution in [0.25, 0.3) is 10.9 Å². The highest BCUT2D eigenvalue weighted by Crippen LogP contribution is 2.23. The Bertz CT molecular complexity index is 637. The van der Waals surface area contributed by atoms with E-state index in [0.29, 0.717) is 37.0 Å². The van der Waals surface area contributed by atoms with Crippen molar-refractivity contribution in [1.29, 1.82) is 0 Å². The summed E-state index contributed by atoms with van der Waals surface area (Å²) in [5.41, 5.74) is 1.14. The van der Waals surface area contributed by atoms with E-state index < -0.39 is 0 Å². The summed E-state index contributed by atoms with van der Waals surface area (Å²) in [5, 5.41) is 1.43. The summed E-state index contributed by atoms with van der Waals surface area (Å²) < 4.78 is 5.36. The van der Waals surface area contributed by atoms with Crippen molar-refractivity contribution in [3.8, 4) is 0 Å². The number of nitrogens with zero attached hydrogens (tertiary/aromatic N) is 2. The fraction of sp³-hybridized carbons (Fsp3) is 0.333. The van der Waals surface area contributed by atoms with E-state index in [1.54, 1.807) is 11.0 Å². The second-order valence-corrected chi connectivity index (χ2v) is 5.17. The molecule has 1 fully saturated rings. The third-order valence-corrected chi connectivity index (χ3v) is 3.71. The first-order valence-electron chi connectivity index (χ1n) is 6.68. The molecule has 4 nitrogen and oxygen atoms in total. The van der Waals surface area contributed by atoms with Crippen molar-refractivity contribution in [3.63, 3.8) is 0 Å². The van der Waals surface area contributed by atoms with Crippen molar-refractivity contribution >= 4 is 28.4 Å². The minimum atomic E-state index is -0.0804. The smallest absolute Gasteiger partial charge is 0.272 e. The highest BCUT2D eigenvalue weighted by molar-refractivity contribution is 6.35. The van der Waals surface area contributed by atoms with Crippen LogP contribution in [0.15, 0.2) is 30.3 Å². The van der Waals surface area contributed by atoms with Gasteiger partial charge in [-0.3, -0.25) is 4.79 Å². The first-order valence-corrected chi connectivity index (χ1v) is 7.06. The van der Waals surface area contributed by atoms with Gasteiger partial charge in [0.25, 0.3) is 5.91 Å². The molecule has 104 valence electrons. The fourth-order valence-electron chi connectivity index (χ4n) is 2.35. The highest BCUT2D eigenvalue weighted by atomic mass is 35.5. The molecule has 1 aromatic heterocycles. The van der Waals surface area contributed by atoms with E-state index in [9.17, 15) is 4.79 Å². The zero-order chi connectivity index (χ0) is 13.9. The fourth-order valence-corrected chi connectivity index (χ4v) is 2.62. The van der Waals surface area contributed by atoms with Crippen LogP contribution in [0.3, 0.4) is 0 Å². The lowest BCUT2D eigenvalue weighted by Gasteiger charge is -2.19. The molecule has 0 radical (unpaired) electrons. The Morgan fingerprint density at radius 3 is 3.00 bits per heavy atom. The van der Waals surface area contributed by atoms with E-state index in [4.69, 9.17) is 16.3 Å². The molecule has 20 heavy (non-hydrogen) atoms. The summed E-state index contributed by atoms with van der Waals surface area (Å²) in [6, 6.07) is 9.21. The Morgan fingerprint density at radius 1 is 1.25 bits per heavy atom. The van der Waals surface area contributed by atoms with E-state index in [1.807, 2.05) is 24.3 Å². The molecule has 0 atom stereocenters. The number of amides is 1. The van der Waals surface area contributed by atoms with Gasteiger partial charge in [-0.25, -0.2) is 4.98 Å². The lowest BCUT2D eigenvalue weighted by atomic mass is 10.2. The summed E-state index contributed by atoms with van der Waals surface area (Å²) >= 11 is 6.24. The van der Waals surface area contributed by atoms with Crippen LogP contribution in [0.1, 0.15) is 16.9 Å². The van der Waals surface area contributed by atoms with Crippen LogP contribution in [0.2, 0.25) is 5.02 Å². The van der Waals surface area contributed by atoms with Crippen LogP contribution >= 0.6 is 11.6 Å². The summed E-state index contributed by atoms with van der Waals surface area (Å²) in [5.74, 6) is -0.0804. The van der Waals surface area contributed by atoms with E-state index in [-0.39, 0.29) is 5.91 Å². The molecular formula is C15H15ClN2O2. The summed E-state index contributed by atoms with van der Waals surface area (Å²) in [7, 11) is 0. The minimum absolute atomic E-state index is 0.0804. The third-order valence-electron chi connectivity index (χ3n) is 3.39. The first kappa shape index (κ1) is 13.3. The maximum Gasteiger partial charge on any atom is 0.272 e. The largest absolute Gasteiger partial charge is 0.380 e. The molecule has 0 unspecified atom stereocenters. The molecule has 0 N–H and O–H groups in total. The van der Waals surface area contributed by atoms with Gasteiger partial charge < -0.3 is 9.64 Å². The van der Waals surface area contributed by atoms with Crippen molar-refractivity contribution < 1.29 is 9.53 Å². The van der Waals surface area contributed by atoms with Crippen LogP contribution in [0.5, 0.6) is 0 Å². The zero-order valence-electron chi connectivity index (χ0n) is 11.0. The minimum Gasteiger partial charge on any atom is -0.380 e. The zero-order valence-corrected chi connectivity index (χ0v) is 11.8. The van der Waals surface area contributed by atoms with Crippen LogP contribution < -0.4 is 0 Å². The molecule has 5 heteroatoms. The van der Waals surface area contributed by atoms with Crippen LogP contribution in [-0.2, 0) is 4.74 Å². The number of pyridine rings is 1. The monoisotopic (exact) mass is 290 g/mol. The van der Waals surface area contributed by atoms with Gasteiger partial charge in [0.1, 0.15) is 5.69 Å². The molecule has 2 aromatic rings. The Balaban J connectivity index is 1.94. The Labute approximate surface area is 122 Å². The number of ether oxygens (including phenoxy) is 1. The van der Waals surface area contributed by atoms with Crippen LogP contribution in [0.4, 0.5) is 0 Å². The van der Waals surface area contributed by atoms with Gasteiger partial charge in [0, 0.05) is 25.1 Å². The standard InChI is InChI=1S/C15H15ClN2O2/c16-12-10-14(17-13-5-2-1-4-11(12)13)15(19)18-6-3-8-20-9-7-18/h1-2,4-5,10H,3,6-9H2. The second kappa shape index (κ2) is 5.77. The van der Waals surface area contributed by atoms with Crippen LogP contribution in [-0.4, -0.2) is 42.1 Å². The Kier molecular flexibility index (Phi) is 3.85. The van der Waals surface area contributed by atoms with E-state index >= 15 is 0 Å². The number of fused-ring (bicyclic) bond motifs is 1. The van der Waals surface area contributed by atoms with E-state index in [0.717, 1.165) is 17.3 Å². The molecule has 2 heterocycles. The number of hydrogen-bond donors (Lipinski definition) is 0. The van der Waals surface area contributed by atoms with Gasteiger partial charge in [-0.2, -0.15) is 0 Å². The van der Waals surface area contributed by atoms with Gasteiger partial charge in [0.15, 0.2) is 0 Å². The number of benzene rings is 1. The molecule has 1 aliphatic rings. The average molecular weight is 291 g/mol. The molecule has 1 saturated heterocycles. The predicted molar refractivity (Wildman–Crippen MR) is 78.1 cm³/mol. The predicted octanol–water partition coefficient (Wildman–Crippen LogP) is 2.75. The number of carbonyl (C=O) groups is 1. The number of aromatic nitrogens is 1. The summed E-state index contributed by atoms with van der Waals surface area (Å²) in [4.78, 5) is 18.7. The number of para-hydroxylation sites is 1. The topological polar surface area (TPSA) is 42.4 Å². The van der Waals surface area contributed by atoms with E-state index in [2.05, 4.69) is 4.98 Å². The van der Waals surface area contributed by atoms with Crippen molar-refractivity contribution in [2.75, 3.05) is 26.3 Å². The van der Waals surface area contributed by atoms with Gasteiger partial charge in [-0.1, -0.05) is 29.8 Å². The van der Waals surface area contributed by atoms with Crippen molar-refractivity contribution in [3.05, 3.63) is 41.0 Å². The Hall–Kier alpha value is -1.65. The number of hydrogen-bond acceptors (Lipinski definition) is 3. The van der Waals surface area contributed by atoms with Gasteiger partial charge >= 0.3 is 0 Å². The molecule has 1 amide bonds. The summed E-state index contributed by atoms with van der Waals surface area (Å²) in [6.07, 6.45) is 0.854. The van der Waals surface area contributed by atoms with Crippen molar-refractivity contribution in [2.45, 2.75) is 6.42 Å². The molecule has 0 spiro atoms. The molecule has 0 saturated carbocycles. The van der Waals surface area contributed by atoms with Gasteiger partial charge in [0.05, 0.1) is 17.1 Å². The SMILES string of the molecule is O=C(c1cc(Cl)c2ccccc2n1)N1CCCOCC1. The lowest BCUT2D eigenvalue weighted by molar-refractivity contribution is 0.0736. The van der Waals surface area contributed by atoms with Crippen LogP contribution in [0, 0.1) is 0 Å². The van der Waals surface area contributed by atoms with Gasteiger partial charge in [0.2, 0.25) is 0 Å². The summed E-state index contributed by atoms with van der Waals surface area (Å²) in [6.45, 7) is 2.58. The lowest BCUT2D eigenvalue weighted by Crippen LogP contribution is -2.33. The van der Waals surface area contributed by atoms with Crippen molar-refractivity contribution in [1.82, 2.24) is 9.88 Å². The number of halogens is 1. The second-order valence-electron chi connectivity index (χ2n) is 4.76. The Morgan fingerprint density at radius 2 is 2.10 bits per heavy atom. The third kappa shape index (κ3) is 2.62. The average Bonchev–Trinajstić information content (AvgIpc) is 2.75. The molecule has 1 aromatic carbocycles. The molecule has 0 aliphatic carbocycles. The molecule has 1 aliphatic heterocycles. The quantitative estimate of drug-likeness (QED) is 0.811. The van der Waals surface area contributed by atoms with Gasteiger partial charge in [-0.15, -0.1) is 0 Å².